The van der Waals surface area contributed by atoms with Crippen molar-refractivity contribution in [1.29, 1.82) is 0 Å². The molecule has 1 aromatic heterocycles. The Bertz CT molecular complexity index is 840. The van der Waals surface area contributed by atoms with Crippen molar-refractivity contribution in [2.75, 3.05) is 6.61 Å². The van der Waals surface area contributed by atoms with E-state index in [1.165, 1.54) is 18.3 Å². The predicted octanol–water partition coefficient (Wildman–Crippen LogP) is 4.16. The van der Waals surface area contributed by atoms with Crippen LogP contribution in [0.5, 0.6) is 11.6 Å². The molecule has 0 atom stereocenters. The number of para-hydroxylation sites is 2. The fourth-order valence-electron chi connectivity index (χ4n) is 2.28. The fourth-order valence-corrected chi connectivity index (χ4v) is 2.28. The molecule has 0 spiro atoms. The summed E-state index contributed by atoms with van der Waals surface area (Å²) < 4.78 is 18.9. The molecular weight excluding hydrogens is 283 g/mol. The van der Waals surface area contributed by atoms with Crippen molar-refractivity contribution in [2.24, 2.45) is 4.99 Å². The molecule has 2 N–H and O–H groups in total. The first kappa shape index (κ1) is 14.1. The van der Waals surface area contributed by atoms with Crippen LogP contribution in [0.4, 0.5) is 10.1 Å². The molecule has 0 fully saturated rings. The zero-order valence-corrected chi connectivity index (χ0v) is 12.0. The van der Waals surface area contributed by atoms with E-state index in [-0.39, 0.29) is 11.7 Å². The molecule has 0 aliphatic carbocycles. The van der Waals surface area contributed by atoms with Crippen molar-refractivity contribution in [1.82, 2.24) is 4.98 Å². The summed E-state index contributed by atoms with van der Waals surface area (Å²) in [6.45, 7) is 2.44. The Kier molecular flexibility index (Phi) is 3.78. The molecule has 0 aliphatic heterocycles. The third-order valence-electron chi connectivity index (χ3n) is 3.28. The summed E-state index contributed by atoms with van der Waals surface area (Å²) in [6.07, 6.45) is 1.51. The molecule has 112 valence electrons. The normalized spacial score (nSPS) is 11.4. The smallest absolute Gasteiger partial charge is 0.198 e. The Morgan fingerprint density at radius 1 is 1.27 bits per heavy atom. The van der Waals surface area contributed by atoms with Crippen LogP contribution in [-0.4, -0.2) is 22.9 Å². The van der Waals surface area contributed by atoms with E-state index in [4.69, 9.17) is 4.74 Å². The van der Waals surface area contributed by atoms with Gasteiger partial charge in [0.2, 0.25) is 0 Å². The van der Waals surface area contributed by atoms with Crippen LogP contribution in [0.15, 0.2) is 47.5 Å². The van der Waals surface area contributed by atoms with Crippen LogP contribution < -0.4 is 4.74 Å². The number of nitrogens with one attached hydrogen (secondary N) is 1. The SMILES string of the molecule is CCOc1ccccc1N=Cc1c(O)[nH]c2ccc(F)cc12. The van der Waals surface area contributed by atoms with Gasteiger partial charge in [0.25, 0.3) is 0 Å². The lowest BCUT2D eigenvalue weighted by atomic mass is 10.2. The van der Waals surface area contributed by atoms with E-state index in [0.717, 1.165) is 0 Å². The Morgan fingerprint density at radius 3 is 2.91 bits per heavy atom. The summed E-state index contributed by atoms with van der Waals surface area (Å²) in [5, 5.41) is 10.6. The van der Waals surface area contributed by atoms with E-state index in [1.807, 2.05) is 31.2 Å². The molecule has 4 nitrogen and oxygen atoms in total. The van der Waals surface area contributed by atoms with Crippen molar-refractivity contribution < 1.29 is 14.2 Å². The molecule has 0 radical (unpaired) electrons. The number of H-pyrrole nitrogens is 1. The molecule has 22 heavy (non-hydrogen) atoms. The number of aromatic nitrogens is 1. The van der Waals surface area contributed by atoms with E-state index in [0.29, 0.717) is 34.5 Å². The number of ether oxygens (including phenoxy) is 1. The van der Waals surface area contributed by atoms with Gasteiger partial charge in [0, 0.05) is 17.1 Å². The van der Waals surface area contributed by atoms with Gasteiger partial charge in [-0.2, -0.15) is 0 Å². The predicted molar refractivity (Wildman–Crippen MR) is 84.8 cm³/mol. The minimum absolute atomic E-state index is 0.0433. The average molecular weight is 298 g/mol. The number of aromatic amines is 1. The first-order valence-electron chi connectivity index (χ1n) is 6.95. The highest BCUT2D eigenvalue weighted by Crippen LogP contribution is 2.30. The highest BCUT2D eigenvalue weighted by Gasteiger charge is 2.10. The van der Waals surface area contributed by atoms with Crippen molar-refractivity contribution in [2.45, 2.75) is 6.92 Å². The van der Waals surface area contributed by atoms with Gasteiger partial charge in [0.1, 0.15) is 17.3 Å². The van der Waals surface area contributed by atoms with E-state index >= 15 is 0 Å². The van der Waals surface area contributed by atoms with Crippen molar-refractivity contribution in [3.05, 3.63) is 53.8 Å². The molecule has 3 aromatic rings. The second-order valence-electron chi connectivity index (χ2n) is 4.74. The molecule has 0 saturated heterocycles. The molecule has 3 rings (SSSR count). The molecule has 5 heteroatoms. The molecule has 0 bridgehead atoms. The topological polar surface area (TPSA) is 57.6 Å². The van der Waals surface area contributed by atoms with Crippen LogP contribution in [0.3, 0.4) is 0 Å². The first-order chi connectivity index (χ1) is 10.7. The standard InChI is InChI=1S/C17H15FN2O2/c1-2-22-16-6-4-3-5-15(16)19-10-13-12-9-11(18)7-8-14(12)20-17(13)21/h3-10,20-21H,2H2,1H3. The molecule has 2 aromatic carbocycles. The van der Waals surface area contributed by atoms with Gasteiger partial charge >= 0.3 is 0 Å². The fraction of sp³-hybridized carbons (Fsp3) is 0.118. The summed E-state index contributed by atoms with van der Waals surface area (Å²) >= 11 is 0. The minimum atomic E-state index is -0.365. The number of hydrogen-bond acceptors (Lipinski definition) is 3. The number of halogens is 1. The maximum Gasteiger partial charge on any atom is 0.198 e. The zero-order chi connectivity index (χ0) is 15.5. The van der Waals surface area contributed by atoms with Gasteiger partial charge in [0.05, 0.1) is 12.2 Å². The maximum absolute atomic E-state index is 13.4. The van der Waals surface area contributed by atoms with Gasteiger partial charge < -0.3 is 14.8 Å². The minimum Gasteiger partial charge on any atom is -0.494 e. The summed E-state index contributed by atoms with van der Waals surface area (Å²) in [5.74, 6) is 0.251. The average Bonchev–Trinajstić information content (AvgIpc) is 2.82. The summed E-state index contributed by atoms with van der Waals surface area (Å²) in [6, 6.07) is 11.6. The largest absolute Gasteiger partial charge is 0.494 e. The van der Waals surface area contributed by atoms with Gasteiger partial charge in [-0.1, -0.05) is 12.1 Å². The van der Waals surface area contributed by atoms with Crippen LogP contribution in [0.2, 0.25) is 0 Å². The first-order valence-corrected chi connectivity index (χ1v) is 6.95. The number of hydrogen-bond donors (Lipinski definition) is 2. The Morgan fingerprint density at radius 2 is 2.09 bits per heavy atom. The lowest BCUT2D eigenvalue weighted by Crippen LogP contribution is -1.91. The van der Waals surface area contributed by atoms with Gasteiger partial charge in [-0.15, -0.1) is 0 Å². The van der Waals surface area contributed by atoms with Gasteiger partial charge in [0.15, 0.2) is 5.88 Å². The molecule has 0 unspecified atom stereocenters. The van der Waals surface area contributed by atoms with E-state index in [2.05, 4.69) is 9.98 Å². The number of fused-ring (bicyclic) bond motifs is 1. The van der Waals surface area contributed by atoms with Crippen LogP contribution in [0.25, 0.3) is 10.9 Å². The van der Waals surface area contributed by atoms with Crippen LogP contribution >= 0.6 is 0 Å². The lowest BCUT2D eigenvalue weighted by molar-refractivity contribution is 0.341. The van der Waals surface area contributed by atoms with Crippen molar-refractivity contribution in [3.8, 4) is 11.6 Å². The second-order valence-corrected chi connectivity index (χ2v) is 4.74. The number of aromatic hydroxyl groups is 1. The zero-order valence-electron chi connectivity index (χ0n) is 12.0. The number of rotatable bonds is 4. The van der Waals surface area contributed by atoms with Gasteiger partial charge in [-0.25, -0.2) is 4.39 Å². The van der Waals surface area contributed by atoms with Crippen LogP contribution in [0.1, 0.15) is 12.5 Å². The summed E-state index contributed by atoms with van der Waals surface area (Å²) in [5.41, 5.74) is 1.74. The second kappa shape index (κ2) is 5.89. The molecule has 0 amide bonds. The third-order valence-corrected chi connectivity index (χ3v) is 3.28. The third kappa shape index (κ3) is 2.65. The van der Waals surface area contributed by atoms with Crippen molar-refractivity contribution in [3.63, 3.8) is 0 Å². The summed E-state index contributed by atoms with van der Waals surface area (Å²) in [7, 11) is 0. The highest BCUT2D eigenvalue weighted by atomic mass is 19.1. The van der Waals surface area contributed by atoms with Crippen LogP contribution in [0, 0.1) is 5.82 Å². The van der Waals surface area contributed by atoms with Gasteiger partial charge in [-0.05, 0) is 37.3 Å². The lowest BCUT2D eigenvalue weighted by Gasteiger charge is -2.05. The molecule has 0 saturated carbocycles. The van der Waals surface area contributed by atoms with Gasteiger partial charge in [-0.3, -0.25) is 4.99 Å². The quantitative estimate of drug-likeness (QED) is 0.710. The number of nitrogens with zero attached hydrogens (tertiary/aromatic N) is 1. The molecular formula is C17H15FN2O2. The summed E-state index contributed by atoms with van der Waals surface area (Å²) in [4.78, 5) is 7.15. The van der Waals surface area contributed by atoms with Crippen LogP contribution in [-0.2, 0) is 0 Å². The number of aliphatic imine (C=N–C) groups is 1. The van der Waals surface area contributed by atoms with E-state index in [1.54, 1.807) is 6.07 Å². The monoisotopic (exact) mass is 298 g/mol. The van der Waals surface area contributed by atoms with Crippen molar-refractivity contribution >= 4 is 22.8 Å². The maximum atomic E-state index is 13.4. The Labute approximate surface area is 126 Å². The number of benzene rings is 2. The highest BCUT2D eigenvalue weighted by molar-refractivity contribution is 6.02. The van der Waals surface area contributed by atoms with E-state index in [9.17, 15) is 9.50 Å². The Hall–Kier alpha value is -2.82. The molecule has 1 heterocycles. The molecule has 0 aliphatic rings. The van der Waals surface area contributed by atoms with E-state index < -0.39 is 0 Å². The Balaban J connectivity index is 2.03.